The highest BCUT2D eigenvalue weighted by molar-refractivity contribution is 5.29. The summed E-state index contributed by atoms with van der Waals surface area (Å²) >= 11 is 0. The van der Waals surface area contributed by atoms with Crippen LogP contribution in [0.25, 0.3) is 0 Å². The van der Waals surface area contributed by atoms with Crippen LogP contribution in [0, 0.1) is 0 Å². The van der Waals surface area contributed by atoms with Crippen molar-refractivity contribution < 1.29 is 2.74 Å². The molecule has 1 aliphatic heterocycles. The first kappa shape index (κ1) is 6.39. The SMILES string of the molecule is [2H]C([2H])(C=C)N1CCc2ccccc2C1. The zero-order valence-electron chi connectivity index (χ0n) is 9.66. The number of hydrogen-bond acceptors (Lipinski definition) is 1. The van der Waals surface area contributed by atoms with Crippen molar-refractivity contribution in [3.8, 4) is 0 Å². The Bertz CT molecular complexity index is 374. The maximum Gasteiger partial charge on any atom is 0.0475 e. The van der Waals surface area contributed by atoms with E-state index in [9.17, 15) is 0 Å². The molecule has 0 atom stereocenters. The second-order valence-corrected chi connectivity index (χ2v) is 3.27. The van der Waals surface area contributed by atoms with Crippen LogP contribution in [0.4, 0.5) is 0 Å². The zero-order valence-corrected chi connectivity index (χ0v) is 7.66. The smallest absolute Gasteiger partial charge is 0.0475 e. The van der Waals surface area contributed by atoms with Gasteiger partial charge in [-0.05, 0) is 17.5 Å². The van der Waals surface area contributed by atoms with Gasteiger partial charge in [-0.3, -0.25) is 4.90 Å². The average molecular weight is 175 g/mol. The topological polar surface area (TPSA) is 3.24 Å². The molecule has 1 heteroatoms. The van der Waals surface area contributed by atoms with Crippen LogP contribution in [0.2, 0.25) is 0 Å². The van der Waals surface area contributed by atoms with Gasteiger partial charge in [-0.1, -0.05) is 30.3 Å². The minimum absolute atomic E-state index is 0.676. The molecule has 68 valence electrons. The average Bonchev–Trinajstić information content (AvgIpc) is 2.28. The van der Waals surface area contributed by atoms with Crippen molar-refractivity contribution in [1.82, 2.24) is 4.90 Å². The van der Waals surface area contributed by atoms with E-state index in [0.29, 0.717) is 6.54 Å². The maximum absolute atomic E-state index is 7.79. The van der Waals surface area contributed by atoms with Gasteiger partial charge in [-0.15, -0.1) is 6.58 Å². The summed E-state index contributed by atoms with van der Waals surface area (Å²) in [6.07, 6.45) is 2.30. The highest BCUT2D eigenvalue weighted by Crippen LogP contribution is 2.17. The standard InChI is InChI=1S/C12H15N/c1-2-8-13-9-7-11-5-3-4-6-12(11)10-13/h2-6H,1,7-10H2/i8D2. The Hall–Kier alpha value is -1.08. The quantitative estimate of drug-likeness (QED) is 0.623. The first-order valence-corrected chi connectivity index (χ1v) is 4.59. The minimum atomic E-state index is -1.40. The van der Waals surface area contributed by atoms with Crippen LogP contribution >= 0.6 is 0 Å². The largest absolute Gasteiger partial charge is 0.295 e. The van der Waals surface area contributed by atoms with Gasteiger partial charge in [0.05, 0.1) is 0 Å². The number of benzene rings is 1. The number of fused-ring (bicyclic) bond motifs is 1. The van der Waals surface area contributed by atoms with E-state index < -0.39 is 6.50 Å². The summed E-state index contributed by atoms with van der Waals surface area (Å²) in [7, 11) is 0. The Balaban J connectivity index is 2.22. The van der Waals surface area contributed by atoms with Gasteiger partial charge in [-0.25, -0.2) is 0 Å². The normalized spacial score (nSPS) is 20.0. The summed E-state index contributed by atoms with van der Waals surface area (Å²) in [5.41, 5.74) is 2.57. The van der Waals surface area contributed by atoms with Crippen molar-refractivity contribution in [2.75, 3.05) is 13.0 Å². The lowest BCUT2D eigenvalue weighted by molar-refractivity contribution is 0.282. The lowest BCUT2D eigenvalue weighted by Gasteiger charge is -2.27. The molecule has 2 rings (SSSR count). The van der Waals surface area contributed by atoms with E-state index in [1.54, 1.807) is 0 Å². The molecule has 0 amide bonds. The molecule has 0 aliphatic carbocycles. The molecule has 0 saturated heterocycles. The Labute approximate surface area is 82.5 Å². The molecule has 1 nitrogen and oxygen atoms in total. The van der Waals surface area contributed by atoms with Crippen molar-refractivity contribution in [2.24, 2.45) is 0 Å². The molecule has 0 saturated carbocycles. The third kappa shape index (κ3) is 1.81. The predicted molar refractivity (Wildman–Crippen MR) is 55.6 cm³/mol. The fraction of sp³-hybridized carbons (Fsp3) is 0.333. The zero-order chi connectivity index (χ0) is 10.9. The Morgan fingerprint density at radius 2 is 2.23 bits per heavy atom. The van der Waals surface area contributed by atoms with E-state index in [4.69, 9.17) is 2.74 Å². The maximum atomic E-state index is 7.79. The molecule has 1 aromatic carbocycles. The molecular weight excluding hydrogens is 158 g/mol. The fourth-order valence-corrected chi connectivity index (χ4v) is 1.74. The lowest BCUT2D eigenvalue weighted by Crippen LogP contribution is -2.30. The molecule has 0 fully saturated rings. The van der Waals surface area contributed by atoms with Gasteiger partial charge in [0.25, 0.3) is 0 Å². The summed E-state index contributed by atoms with van der Waals surface area (Å²) in [6.45, 7) is 3.59. The monoisotopic (exact) mass is 175 g/mol. The summed E-state index contributed by atoms with van der Waals surface area (Å²) < 4.78 is 15.6. The molecular formula is C12H15N. The van der Waals surface area contributed by atoms with Gasteiger partial charge in [0.15, 0.2) is 0 Å². The number of hydrogen-bond donors (Lipinski definition) is 0. The third-order valence-corrected chi connectivity index (χ3v) is 2.40. The second kappa shape index (κ2) is 3.75. The Morgan fingerprint density at radius 1 is 1.46 bits per heavy atom. The van der Waals surface area contributed by atoms with E-state index in [1.807, 2.05) is 17.0 Å². The van der Waals surface area contributed by atoms with Crippen molar-refractivity contribution in [3.05, 3.63) is 48.0 Å². The molecule has 1 aromatic rings. The van der Waals surface area contributed by atoms with Gasteiger partial charge in [0, 0.05) is 22.3 Å². The van der Waals surface area contributed by atoms with Gasteiger partial charge in [-0.2, -0.15) is 0 Å². The number of rotatable bonds is 2. The van der Waals surface area contributed by atoms with E-state index in [1.165, 1.54) is 17.2 Å². The Kier molecular flexibility index (Phi) is 1.84. The molecule has 0 radical (unpaired) electrons. The van der Waals surface area contributed by atoms with Crippen LogP contribution in [-0.2, 0) is 13.0 Å². The van der Waals surface area contributed by atoms with Crippen LogP contribution < -0.4 is 0 Å². The van der Waals surface area contributed by atoms with Crippen molar-refractivity contribution >= 4 is 0 Å². The molecule has 0 unspecified atom stereocenters. The summed E-state index contributed by atoms with van der Waals surface area (Å²) in [6, 6.07) is 8.24. The van der Waals surface area contributed by atoms with E-state index in [0.717, 1.165) is 13.0 Å². The van der Waals surface area contributed by atoms with E-state index >= 15 is 0 Å². The van der Waals surface area contributed by atoms with Crippen LogP contribution in [-0.4, -0.2) is 17.9 Å². The van der Waals surface area contributed by atoms with Gasteiger partial charge < -0.3 is 0 Å². The van der Waals surface area contributed by atoms with Gasteiger partial charge >= 0.3 is 0 Å². The molecule has 0 bridgehead atoms. The molecule has 0 aromatic heterocycles. The van der Waals surface area contributed by atoms with E-state index in [2.05, 4.69) is 18.7 Å². The summed E-state index contributed by atoms with van der Waals surface area (Å²) in [5.74, 6) is 0. The highest BCUT2D eigenvalue weighted by atomic mass is 15.1. The van der Waals surface area contributed by atoms with Crippen molar-refractivity contribution in [1.29, 1.82) is 0 Å². The molecule has 1 aliphatic rings. The fourth-order valence-electron chi connectivity index (χ4n) is 1.74. The molecule has 0 spiro atoms. The first-order chi connectivity index (χ1) is 7.13. The highest BCUT2D eigenvalue weighted by Gasteiger charge is 2.13. The van der Waals surface area contributed by atoms with Crippen LogP contribution in [0.5, 0.6) is 0 Å². The van der Waals surface area contributed by atoms with Gasteiger partial charge in [0.2, 0.25) is 0 Å². The minimum Gasteiger partial charge on any atom is -0.295 e. The molecule has 13 heavy (non-hydrogen) atoms. The van der Waals surface area contributed by atoms with Crippen LogP contribution in [0.1, 0.15) is 13.9 Å². The molecule has 1 heterocycles. The Morgan fingerprint density at radius 3 is 3.00 bits per heavy atom. The van der Waals surface area contributed by atoms with Crippen LogP contribution in [0.15, 0.2) is 36.9 Å². The summed E-state index contributed by atoms with van der Waals surface area (Å²) in [4.78, 5) is 1.82. The number of nitrogens with zero attached hydrogens (tertiary/aromatic N) is 1. The predicted octanol–water partition coefficient (Wildman–Crippen LogP) is 2.23. The summed E-state index contributed by atoms with van der Waals surface area (Å²) in [5, 5.41) is 0. The van der Waals surface area contributed by atoms with Crippen LogP contribution in [0.3, 0.4) is 0 Å². The first-order valence-electron chi connectivity index (χ1n) is 5.59. The van der Waals surface area contributed by atoms with Gasteiger partial charge in [0.1, 0.15) is 0 Å². The van der Waals surface area contributed by atoms with E-state index in [-0.39, 0.29) is 0 Å². The third-order valence-electron chi connectivity index (χ3n) is 2.40. The van der Waals surface area contributed by atoms with Crippen molar-refractivity contribution in [3.63, 3.8) is 0 Å². The molecule has 0 N–H and O–H groups in total. The lowest BCUT2D eigenvalue weighted by atomic mass is 10.0. The second-order valence-electron chi connectivity index (χ2n) is 3.27. The van der Waals surface area contributed by atoms with Crippen molar-refractivity contribution in [2.45, 2.75) is 13.0 Å².